The van der Waals surface area contributed by atoms with Crippen molar-refractivity contribution in [2.45, 2.75) is 25.7 Å². The molecule has 2 aromatic carbocycles. The monoisotopic (exact) mass is 353 g/mol. The minimum absolute atomic E-state index is 0.147. The Kier molecular flexibility index (Phi) is 3.64. The molecule has 2 aromatic heterocycles. The van der Waals surface area contributed by atoms with E-state index in [2.05, 4.69) is 29.2 Å². The fourth-order valence-electron chi connectivity index (χ4n) is 4.11. The van der Waals surface area contributed by atoms with Crippen molar-refractivity contribution in [3.05, 3.63) is 89.4 Å². The standard InChI is InChI=1S/C23H19N3O/c1-15-22(17-10-6-3-7-11-17)23-24-14-19-20(26(23)25-15)12-18(13-21(19)27)16-8-4-2-5-9-16/h2-11,14,18H,12-13H2,1H3/t18-/m1/s1. The summed E-state index contributed by atoms with van der Waals surface area (Å²) in [4.78, 5) is 17.4. The maximum absolute atomic E-state index is 12.8. The number of nitrogens with zero attached hydrogens (tertiary/aromatic N) is 3. The van der Waals surface area contributed by atoms with Gasteiger partial charge in [0.15, 0.2) is 11.4 Å². The van der Waals surface area contributed by atoms with Gasteiger partial charge in [-0.05, 0) is 30.4 Å². The molecule has 1 aliphatic rings. The van der Waals surface area contributed by atoms with Crippen molar-refractivity contribution in [3.63, 3.8) is 0 Å². The molecule has 0 amide bonds. The van der Waals surface area contributed by atoms with Crippen molar-refractivity contribution >= 4 is 11.4 Å². The molecule has 1 aliphatic carbocycles. The Labute approximate surface area is 157 Å². The lowest BCUT2D eigenvalue weighted by atomic mass is 9.82. The van der Waals surface area contributed by atoms with Gasteiger partial charge in [-0.15, -0.1) is 0 Å². The van der Waals surface area contributed by atoms with Crippen LogP contribution >= 0.6 is 0 Å². The van der Waals surface area contributed by atoms with E-state index in [9.17, 15) is 4.79 Å². The van der Waals surface area contributed by atoms with Gasteiger partial charge in [-0.2, -0.15) is 5.10 Å². The lowest BCUT2D eigenvalue weighted by molar-refractivity contribution is 0.0962. The fourth-order valence-corrected chi connectivity index (χ4v) is 4.11. The number of carbonyl (C=O) groups excluding carboxylic acids is 1. The van der Waals surface area contributed by atoms with Crippen molar-refractivity contribution in [1.29, 1.82) is 0 Å². The number of rotatable bonds is 2. The van der Waals surface area contributed by atoms with Crippen LogP contribution in [0.15, 0.2) is 66.9 Å². The summed E-state index contributed by atoms with van der Waals surface area (Å²) in [5.74, 6) is 0.329. The first-order valence-corrected chi connectivity index (χ1v) is 9.23. The average molecular weight is 353 g/mol. The Morgan fingerprint density at radius 3 is 2.41 bits per heavy atom. The van der Waals surface area contributed by atoms with E-state index >= 15 is 0 Å². The number of fused-ring (bicyclic) bond motifs is 3. The SMILES string of the molecule is Cc1nn2c3c(cnc2c1-c1ccccc1)C(=O)C[C@H](c1ccccc1)C3. The molecule has 0 bridgehead atoms. The fraction of sp³-hybridized carbons (Fsp3) is 0.174. The average Bonchev–Trinajstić information content (AvgIpc) is 3.05. The molecule has 0 saturated heterocycles. The zero-order chi connectivity index (χ0) is 18.4. The number of ketones is 1. The topological polar surface area (TPSA) is 47.3 Å². The Morgan fingerprint density at radius 1 is 0.963 bits per heavy atom. The zero-order valence-corrected chi connectivity index (χ0v) is 15.1. The maximum atomic E-state index is 12.8. The van der Waals surface area contributed by atoms with Gasteiger partial charge in [0.1, 0.15) is 0 Å². The molecule has 0 fully saturated rings. The van der Waals surface area contributed by atoms with Crippen molar-refractivity contribution in [2.24, 2.45) is 0 Å². The second-order valence-electron chi connectivity index (χ2n) is 7.12. The van der Waals surface area contributed by atoms with Crippen LogP contribution in [0.1, 0.15) is 39.6 Å². The van der Waals surface area contributed by atoms with E-state index in [1.807, 2.05) is 47.8 Å². The molecule has 0 unspecified atom stereocenters. The van der Waals surface area contributed by atoms with Gasteiger partial charge >= 0.3 is 0 Å². The molecule has 0 saturated carbocycles. The third-order valence-electron chi connectivity index (χ3n) is 5.42. The normalized spacial score (nSPS) is 16.5. The van der Waals surface area contributed by atoms with E-state index in [4.69, 9.17) is 5.10 Å². The van der Waals surface area contributed by atoms with Gasteiger partial charge in [0.05, 0.1) is 17.0 Å². The number of hydrogen-bond donors (Lipinski definition) is 0. The Balaban J connectivity index is 1.69. The van der Waals surface area contributed by atoms with Crippen molar-refractivity contribution in [1.82, 2.24) is 14.6 Å². The molecular weight excluding hydrogens is 334 g/mol. The molecule has 1 atom stereocenters. The maximum Gasteiger partial charge on any atom is 0.166 e. The largest absolute Gasteiger partial charge is 0.294 e. The molecule has 0 spiro atoms. The van der Waals surface area contributed by atoms with Crippen LogP contribution in [-0.2, 0) is 6.42 Å². The Hall–Kier alpha value is -3.27. The molecule has 27 heavy (non-hydrogen) atoms. The van der Waals surface area contributed by atoms with Crippen LogP contribution in [0, 0.1) is 6.92 Å². The van der Waals surface area contributed by atoms with Crippen LogP contribution in [-0.4, -0.2) is 20.4 Å². The first-order valence-electron chi connectivity index (χ1n) is 9.23. The van der Waals surface area contributed by atoms with Gasteiger partial charge in [0, 0.05) is 18.2 Å². The molecule has 0 aliphatic heterocycles. The van der Waals surface area contributed by atoms with E-state index < -0.39 is 0 Å². The molecule has 5 rings (SSSR count). The first kappa shape index (κ1) is 15.9. The van der Waals surface area contributed by atoms with Crippen molar-refractivity contribution in [2.75, 3.05) is 0 Å². The van der Waals surface area contributed by atoms with Crippen LogP contribution in [0.25, 0.3) is 16.8 Å². The molecule has 4 heteroatoms. The number of benzene rings is 2. The van der Waals surface area contributed by atoms with Gasteiger partial charge in [0.2, 0.25) is 0 Å². The highest BCUT2D eigenvalue weighted by Crippen LogP contribution is 2.35. The molecule has 4 aromatic rings. The predicted octanol–water partition coefficient (Wildman–Crippen LogP) is 4.62. The van der Waals surface area contributed by atoms with Crippen LogP contribution in [0.3, 0.4) is 0 Å². The lowest BCUT2D eigenvalue weighted by Gasteiger charge is -2.24. The summed E-state index contributed by atoms with van der Waals surface area (Å²) in [5, 5.41) is 4.77. The highest BCUT2D eigenvalue weighted by atomic mass is 16.1. The third kappa shape index (κ3) is 2.56. The number of carbonyl (C=O) groups is 1. The highest BCUT2D eigenvalue weighted by Gasteiger charge is 2.30. The Bertz CT molecular complexity index is 1150. The summed E-state index contributed by atoms with van der Waals surface area (Å²) in [6.45, 7) is 2.00. The van der Waals surface area contributed by atoms with Gasteiger partial charge in [-0.1, -0.05) is 60.7 Å². The number of aryl methyl sites for hydroxylation is 1. The first-order chi connectivity index (χ1) is 13.2. The van der Waals surface area contributed by atoms with Gasteiger partial charge in [-0.3, -0.25) is 4.79 Å². The summed E-state index contributed by atoms with van der Waals surface area (Å²) < 4.78 is 1.89. The Morgan fingerprint density at radius 2 is 1.67 bits per heavy atom. The van der Waals surface area contributed by atoms with E-state index in [1.54, 1.807) is 6.20 Å². The van der Waals surface area contributed by atoms with Crippen LogP contribution in [0.4, 0.5) is 0 Å². The van der Waals surface area contributed by atoms with E-state index in [-0.39, 0.29) is 11.7 Å². The molecular formula is C23H19N3O. The molecule has 0 radical (unpaired) electrons. The van der Waals surface area contributed by atoms with E-state index in [0.717, 1.165) is 34.6 Å². The van der Waals surface area contributed by atoms with Gasteiger partial charge < -0.3 is 0 Å². The lowest BCUT2D eigenvalue weighted by Crippen LogP contribution is -2.22. The van der Waals surface area contributed by atoms with Crippen LogP contribution in [0.2, 0.25) is 0 Å². The summed E-state index contributed by atoms with van der Waals surface area (Å²) in [5.41, 5.74) is 6.75. The molecule has 0 N–H and O–H groups in total. The minimum atomic E-state index is 0.147. The van der Waals surface area contributed by atoms with Gasteiger partial charge in [-0.25, -0.2) is 9.50 Å². The van der Waals surface area contributed by atoms with Crippen LogP contribution < -0.4 is 0 Å². The third-order valence-corrected chi connectivity index (χ3v) is 5.42. The number of hydrogen-bond acceptors (Lipinski definition) is 3. The van der Waals surface area contributed by atoms with Gasteiger partial charge in [0.25, 0.3) is 0 Å². The highest BCUT2D eigenvalue weighted by molar-refractivity contribution is 5.99. The summed E-state index contributed by atoms with van der Waals surface area (Å²) >= 11 is 0. The van der Waals surface area contributed by atoms with E-state index in [0.29, 0.717) is 12.0 Å². The molecule has 4 nitrogen and oxygen atoms in total. The van der Waals surface area contributed by atoms with Crippen LogP contribution in [0.5, 0.6) is 0 Å². The number of aromatic nitrogens is 3. The summed E-state index contributed by atoms with van der Waals surface area (Å²) in [6, 6.07) is 20.5. The second kappa shape index (κ2) is 6.16. The molecule has 132 valence electrons. The van der Waals surface area contributed by atoms with Crippen molar-refractivity contribution in [3.8, 4) is 11.1 Å². The summed E-state index contributed by atoms with van der Waals surface area (Å²) in [6.07, 6.45) is 3.05. The zero-order valence-electron chi connectivity index (χ0n) is 15.1. The predicted molar refractivity (Wildman–Crippen MR) is 105 cm³/mol. The number of Topliss-reactive ketones (excluding diaryl/α,β-unsaturated/α-hetero) is 1. The summed E-state index contributed by atoms with van der Waals surface area (Å²) in [7, 11) is 0. The smallest absolute Gasteiger partial charge is 0.166 e. The van der Waals surface area contributed by atoms with Crippen molar-refractivity contribution < 1.29 is 4.79 Å². The quantitative estimate of drug-likeness (QED) is 0.528. The minimum Gasteiger partial charge on any atom is -0.294 e. The molecule has 2 heterocycles. The second-order valence-corrected chi connectivity index (χ2v) is 7.12. The van der Waals surface area contributed by atoms with E-state index in [1.165, 1.54) is 5.56 Å².